The van der Waals surface area contributed by atoms with Gasteiger partial charge in [0.2, 0.25) is 10.0 Å². The molecule has 1 aliphatic carbocycles. The van der Waals surface area contributed by atoms with Crippen molar-refractivity contribution in [1.29, 1.82) is 0 Å². The van der Waals surface area contributed by atoms with Crippen LogP contribution in [0.2, 0.25) is 0 Å². The molecule has 3 rings (SSSR count). The van der Waals surface area contributed by atoms with E-state index in [1.807, 2.05) is 19.1 Å². The zero-order valence-corrected chi connectivity index (χ0v) is 13.3. The lowest BCUT2D eigenvalue weighted by Gasteiger charge is -2.27. The number of hydrogen-bond donors (Lipinski definition) is 0. The average Bonchev–Trinajstić information content (AvgIpc) is 3.09. The van der Waals surface area contributed by atoms with E-state index in [-0.39, 0.29) is 6.04 Å². The first kappa shape index (κ1) is 14.4. The molecule has 110 valence electrons. The third kappa shape index (κ3) is 2.28. The summed E-state index contributed by atoms with van der Waals surface area (Å²) in [6.45, 7) is 2.69. The van der Waals surface area contributed by atoms with Gasteiger partial charge >= 0.3 is 0 Å². The quantitative estimate of drug-likeness (QED) is 0.801. The van der Waals surface area contributed by atoms with Gasteiger partial charge in [-0.3, -0.25) is 0 Å². The molecule has 1 heterocycles. The lowest BCUT2D eigenvalue weighted by molar-refractivity contribution is 0.333. The van der Waals surface area contributed by atoms with Crippen LogP contribution in [-0.2, 0) is 22.3 Å². The summed E-state index contributed by atoms with van der Waals surface area (Å²) in [5, 5.41) is 0. The number of alkyl halides is 1. The summed E-state index contributed by atoms with van der Waals surface area (Å²) in [5.41, 5.74) is 1.76. The highest BCUT2D eigenvalue weighted by atomic mass is 35.5. The van der Waals surface area contributed by atoms with Crippen molar-refractivity contribution in [3.63, 3.8) is 0 Å². The Kier molecular flexibility index (Phi) is 3.82. The first-order valence-corrected chi connectivity index (χ1v) is 9.23. The molecule has 0 radical (unpaired) electrons. The first-order valence-electron chi connectivity index (χ1n) is 7.26. The molecular weight excluding hydrogens is 294 g/mol. The molecule has 1 aromatic carbocycles. The van der Waals surface area contributed by atoms with E-state index in [2.05, 4.69) is 0 Å². The van der Waals surface area contributed by atoms with Gasteiger partial charge in [0.05, 0.1) is 4.90 Å². The first-order chi connectivity index (χ1) is 9.56. The largest absolute Gasteiger partial charge is 0.243 e. The number of nitrogens with zero attached hydrogens (tertiary/aromatic N) is 1. The maximum atomic E-state index is 13.0. The van der Waals surface area contributed by atoms with Crippen LogP contribution in [0.15, 0.2) is 23.1 Å². The molecule has 2 fully saturated rings. The Hall–Kier alpha value is -0.580. The van der Waals surface area contributed by atoms with E-state index < -0.39 is 10.0 Å². The number of halogens is 1. The average molecular weight is 314 g/mol. The molecule has 5 heteroatoms. The van der Waals surface area contributed by atoms with Crippen LogP contribution in [0.1, 0.15) is 37.3 Å². The maximum absolute atomic E-state index is 13.0. The summed E-state index contributed by atoms with van der Waals surface area (Å²) < 4.78 is 27.6. The third-order valence-electron chi connectivity index (χ3n) is 4.61. The number of benzene rings is 1. The lowest BCUT2D eigenvalue weighted by Crippen LogP contribution is -2.38. The molecular formula is C15H20ClNO2S. The molecule has 2 aliphatic rings. The van der Waals surface area contributed by atoms with Crippen LogP contribution in [0.25, 0.3) is 0 Å². The van der Waals surface area contributed by atoms with E-state index in [0.717, 1.165) is 30.4 Å². The molecule has 0 amide bonds. The van der Waals surface area contributed by atoms with Crippen molar-refractivity contribution in [3.8, 4) is 0 Å². The minimum absolute atomic E-state index is 0.217. The standard InChI is InChI=1S/C15H20ClNO2S/c1-2-13-5-3-11(9-16)8-15(13)20(18,19)17-10-12-4-6-14(17)7-12/h3,5,8,12,14H,2,4,6-7,9-10H2,1H3. The Morgan fingerprint density at radius 1 is 1.35 bits per heavy atom. The van der Waals surface area contributed by atoms with Crippen molar-refractivity contribution in [1.82, 2.24) is 4.31 Å². The van der Waals surface area contributed by atoms with Gasteiger partial charge in [0.1, 0.15) is 0 Å². The van der Waals surface area contributed by atoms with E-state index in [4.69, 9.17) is 11.6 Å². The lowest BCUT2D eigenvalue weighted by atomic mass is 10.1. The number of aryl methyl sites for hydroxylation is 1. The summed E-state index contributed by atoms with van der Waals surface area (Å²) in [7, 11) is -3.37. The van der Waals surface area contributed by atoms with Gasteiger partial charge in [0, 0.05) is 18.5 Å². The second kappa shape index (κ2) is 5.32. The molecule has 1 saturated heterocycles. The van der Waals surface area contributed by atoms with Gasteiger partial charge in [-0.05, 0) is 48.8 Å². The summed E-state index contributed by atoms with van der Waals surface area (Å²) in [4.78, 5) is 0.464. The molecule has 0 aromatic heterocycles. The molecule has 1 saturated carbocycles. The second-order valence-electron chi connectivity index (χ2n) is 5.84. The van der Waals surface area contributed by atoms with Gasteiger partial charge in [-0.1, -0.05) is 19.1 Å². The SMILES string of the molecule is CCc1ccc(CCl)cc1S(=O)(=O)N1CC2CCC1C2. The Labute approximate surface area is 126 Å². The Bertz CT molecular complexity index is 614. The van der Waals surface area contributed by atoms with Gasteiger partial charge in [-0.15, -0.1) is 11.6 Å². The molecule has 2 atom stereocenters. The van der Waals surface area contributed by atoms with Crippen LogP contribution >= 0.6 is 11.6 Å². The fourth-order valence-corrected chi connectivity index (χ4v) is 5.77. The normalized spacial score (nSPS) is 26.3. The molecule has 20 heavy (non-hydrogen) atoms. The summed E-state index contributed by atoms with van der Waals surface area (Å²) in [6, 6.07) is 5.79. The van der Waals surface area contributed by atoms with Crippen LogP contribution in [-0.4, -0.2) is 25.3 Å². The zero-order chi connectivity index (χ0) is 14.3. The van der Waals surface area contributed by atoms with Gasteiger partial charge < -0.3 is 0 Å². The van der Waals surface area contributed by atoms with E-state index in [9.17, 15) is 8.42 Å². The number of piperidine rings is 1. The van der Waals surface area contributed by atoms with Gasteiger partial charge in [0.25, 0.3) is 0 Å². The minimum atomic E-state index is -3.37. The molecule has 2 unspecified atom stereocenters. The fraction of sp³-hybridized carbons (Fsp3) is 0.600. The van der Waals surface area contributed by atoms with Crippen molar-refractivity contribution in [2.24, 2.45) is 5.92 Å². The summed E-state index contributed by atoms with van der Waals surface area (Å²) >= 11 is 5.86. The minimum Gasteiger partial charge on any atom is -0.207 e. The predicted molar refractivity (Wildman–Crippen MR) is 80.4 cm³/mol. The smallest absolute Gasteiger partial charge is 0.207 e. The van der Waals surface area contributed by atoms with Gasteiger partial charge in [-0.2, -0.15) is 4.31 Å². The van der Waals surface area contributed by atoms with E-state index in [0.29, 0.717) is 23.2 Å². The van der Waals surface area contributed by atoms with Crippen LogP contribution in [0, 0.1) is 5.92 Å². The van der Waals surface area contributed by atoms with Crippen LogP contribution < -0.4 is 0 Å². The van der Waals surface area contributed by atoms with E-state index >= 15 is 0 Å². The number of sulfonamides is 1. The van der Waals surface area contributed by atoms with Crippen molar-refractivity contribution < 1.29 is 8.42 Å². The van der Waals surface area contributed by atoms with Crippen molar-refractivity contribution in [3.05, 3.63) is 29.3 Å². The summed E-state index contributed by atoms with van der Waals surface area (Å²) in [5.74, 6) is 0.912. The number of hydrogen-bond acceptors (Lipinski definition) is 2. The van der Waals surface area contributed by atoms with Crippen molar-refractivity contribution >= 4 is 21.6 Å². The topological polar surface area (TPSA) is 37.4 Å². The molecule has 1 aliphatic heterocycles. The van der Waals surface area contributed by atoms with Crippen LogP contribution in [0.4, 0.5) is 0 Å². The van der Waals surface area contributed by atoms with Crippen molar-refractivity contribution in [2.75, 3.05) is 6.54 Å². The predicted octanol–water partition coefficient (Wildman–Crippen LogP) is 3.16. The number of fused-ring (bicyclic) bond motifs is 2. The van der Waals surface area contributed by atoms with Gasteiger partial charge in [0.15, 0.2) is 0 Å². The van der Waals surface area contributed by atoms with Crippen LogP contribution in [0.5, 0.6) is 0 Å². The molecule has 1 aromatic rings. The fourth-order valence-electron chi connectivity index (χ4n) is 3.51. The Balaban J connectivity index is 2.02. The summed E-state index contributed by atoms with van der Waals surface area (Å²) in [6.07, 6.45) is 3.95. The van der Waals surface area contributed by atoms with E-state index in [1.54, 1.807) is 10.4 Å². The highest BCUT2D eigenvalue weighted by Gasteiger charge is 2.44. The second-order valence-corrected chi connectivity index (χ2v) is 7.96. The van der Waals surface area contributed by atoms with Crippen LogP contribution in [0.3, 0.4) is 0 Å². The molecule has 0 spiro atoms. The molecule has 2 bridgehead atoms. The Morgan fingerprint density at radius 2 is 2.15 bits per heavy atom. The maximum Gasteiger partial charge on any atom is 0.243 e. The van der Waals surface area contributed by atoms with Crippen molar-refractivity contribution in [2.45, 2.75) is 49.4 Å². The third-order valence-corrected chi connectivity index (χ3v) is 6.92. The van der Waals surface area contributed by atoms with Gasteiger partial charge in [-0.25, -0.2) is 8.42 Å². The molecule has 3 nitrogen and oxygen atoms in total. The molecule has 0 N–H and O–H groups in total. The monoisotopic (exact) mass is 313 g/mol. The van der Waals surface area contributed by atoms with E-state index in [1.165, 1.54) is 6.42 Å². The Morgan fingerprint density at radius 3 is 2.70 bits per heavy atom. The highest BCUT2D eigenvalue weighted by molar-refractivity contribution is 7.89. The number of rotatable bonds is 4. The zero-order valence-electron chi connectivity index (χ0n) is 11.7. The highest BCUT2D eigenvalue weighted by Crippen LogP contribution is 2.41.